The van der Waals surface area contributed by atoms with Crippen LogP contribution in [0.2, 0.25) is 0 Å². The minimum atomic E-state index is -4.02. The van der Waals surface area contributed by atoms with Crippen molar-refractivity contribution in [2.24, 2.45) is 5.92 Å². The molecule has 1 heterocycles. The summed E-state index contributed by atoms with van der Waals surface area (Å²) in [4.78, 5) is 14.1. The zero-order valence-corrected chi connectivity index (χ0v) is 18.5. The fourth-order valence-electron chi connectivity index (χ4n) is 3.25. The summed E-state index contributed by atoms with van der Waals surface area (Å²) in [5, 5.41) is 9.75. The maximum atomic E-state index is 13.4. The maximum Gasteiger partial charge on any atom is 0.322 e. The van der Waals surface area contributed by atoms with Crippen molar-refractivity contribution in [3.05, 3.63) is 24.3 Å². The first-order valence-electron chi connectivity index (χ1n) is 9.94. The molecule has 1 saturated heterocycles. The molecule has 30 heavy (non-hydrogen) atoms. The van der Waals surface area contributed by atoms with Gasteiger partial charge in [0.05, 0.1) is 18.1 Å². The van der Waals surface area contributed by atoms with E-state index in [0.29, 0.717) is 38.6 Å². The zero-order valence-electron chi connectivity index (χ0n) is 17.7. The first-order valence-corrected chi connectivity index (χ1v) is 11.4. The fraction of sp³-hybridized carbons (Fsp3) is 0.571. The molecule has 0 bridgehead atoms. The van der Waals surface area contributed by atoms with Gasteiger partial charge in [-0.1, -0.05) is 19.8 Å². The van der Waals surface area contributed by atoms with Crippen LogP contribution in [0, 0.1) is 17.8 Å². The SMILES string of the molecule is CC#CCOc1ccc(S(=O)(=O)N(CCN2CCOCC2)C(C(=O)O)C(C)C)cc1. The Balaban J connectivity index is 2.26. The van der Waals surface area contributed by atoms with E-state index < -0.39 is 28.0 Å². The Hall–Kier alpha value is -2.12. The number of carboxylic acids is 1. The van der Waals surface area contributed by atoms with Crippen molar-refractivity contribution in [2.45, 2.75) is 31.7 Å². The molecule has 2 rings (SSSR count). The zero-order chi connectivity index (χ0) is 22.1. The van der Waals surface area contributed by atoms with Crippen LogP contribution in [0.4, 0.5) is 0 Å². The lowest BCUT2D eigenvalue weighted by Gasteiger charge is -2.33. The first-order chi connectivity index (χ1) is 14.3. The molecule has 0 aliphatic carbocycles. The molecule has 0 amide bonds. The quantitative estimate of drug-likeness (QED) is 0.553. The van der Waals surface area contributed by atoms with E-state index in [1.165, 1.54) is 12.1 Å². The molecule has 8 nitrogen and oxygen atoms in total. The van der Waals surface area contributed by atoms with Gasteiger partial charge in [-0.2, -0.15) is 4.31 Å². The molecule has 1 aromatic rings. The Morgan fingerprint density at radius 2 is 1.90 bits per heavy atom. The molecule has 1 atom stereocenters. The van der Waals surface area contributed by atoms with E-state index in [9.17, 15) is 18.3 Å². The van der Waals surface area contributed by atoms with E-state index in [0.717, 1.165) is 4.31 Å². The lowest BCUT2D eigenvalue weighted by atomic mass is 10.0. The van der Waals surface area contributed by atoms with Gasteiger partial charge in [-0.25, -0.2) is 8.42 Å². The van der Waals surface area contributed by atoms with Gasteiger partial charge in [0.1, 0.15) is 18.4 Å². The molecule has 1 aromatic carbocycles. The lowest BCUT2D eigenvalue weighted by molar-refractivity contribution is -0.143. The lowest BCUT2D eigenvalue weighted by Crippen LogP contribution is -2.51. The summed E-state index contributed by atoms with van der Waals surface area (Å²) in [6.45, 7) is 8.43. The number of benzene rings is 1. The summed E-state index contributed by atoms with van der Waals surface area (Å²) in [6, 6.07) is 4.81. The van der Waals surface area contributed by atoms with E-state index in [1.807, 2.05) is 0 Å². The van der Waals surface area contributed by atoms with Gasteiger partial charge < -0.3 is 14.6 Å². The number of morpholine rings is 1. The third kappa shape index (κ3) is 6.44. The molecule has 1 aliphatic heterocycles. The average Bonchev–Trinajstić information content (AvgIpc) is 2.71. The summed E-state index contributed by atoms with van der Waals surface area (Å²) < 4.78 is 38.6. The molecule has 1 unspecified atom stereocenters. The van der Waals surface area contributed by atoms with Crippen molar-refractivity contribution in [2.75, 3.05) is 46.0 Å². The maximum absolute atomic E-state index is 13.4. The second kappa shape index (κ2) is 11.3. The average molecular weight is 439 g/mol. The summed E-state index contributed by atoms with van der Waals surface area (Å²) in [6.07, 6.45) is 0. The van der Waals surface area contributed by atoms with Crippen LogP contribution < -0.4 is 4.74 Å². The van der Waals surface area contributed by atoms with Gasteiger partial charge in [0.2, 0.25) is 10.0 Å². The number of aliphatic carboxylic acids is 1. The highest BCUT2D eigenvalue weighted by molar-refractivity contribution is 7.89. The minimum absolute atomic E-state index is 0.0327. The summed E-state index contributed by atoms with van der Waals surface area (Å²) in [7, 11) is -4.02. The Morgan fingerprint density at radius 3 is 2.43 bits per heavy atom. The van der Waals surface area contributed by atoms with Gasteiger partial charge in [-0.05, 0) is 37.1 Å². The van der Waals surface area contributed by atoms with Crippen LogP contribution in [0.15, 0.2) is 29.2 Å². The Labute approximate surface area is 178 Å². The smallest absolute Gasteiger partial charge is 0.322 e. The Morgan fingerprint density at radius 1 is 1.27 bits per heavy atom. The Kier molecular flexibility index (Phi) is 9.11. The second-order valence-electron chi connectivity index (χ2n) is 7.28. The predicted octanol–water partition coefficient (Wildman–Crippen LogP) is 1.52. The number of rotatable bonds is 10. The minimum Gasteiger partial charge on any atom is -0.481 e. The third-order valence-electron chi connectivity index (χ3n) is 4.85. The molecule has 9 heteroatoms. The number of sulfonamides is 1. The van der Waals surface area contributed by atoms with Crippen molar-refractivity contribution in [3.63, 3.8) is 0 Å². The van der Waals surface area contributed by atoms with Crippen molar-refractivity contribution in [1.29, 1.82) is 0 Å². The first kappa shape index (κ1) is 24.2. The van der Waals surface area contributed by atoms with Crippen LogP contribution in [0.3, 0.4) is 0 Å². The van der Waals surface area contributed by atoms with E-state index in [-0.39, 0.29) is 18.0 Å². The standard InChI is InChI=1S/C21H30N2O6S/c1-4-5-14-29-18-6-8-19(9-7-18)30(26,27)23(20(17(2)3)21(24)25)11-10-22-12-15-28-16-13-22/h6-9,17,20H,10-16H2,1-3H3,(H,24,25). The number of hydrogen-bond acceptors (Lipinski definition) is 6. The number of ether oxygens (including phenoxy) is 2. The fourth-order valence-corrected chi connectivity index (χ4v) is 4.95. The van der Waals surface area contributed by atoms with Crippen LogP contribution in [0.5, 0.6) is 5.75 Å². The van der Waals surface area contributed by atoms with Gasteiger partial charge in [0.25, 0.3) is 0 Å². The molecule has 1 fully saturated rings. The highest BCUT2D eigenvalue weighted by Crippen LogP contribution is 2.24. The van der Waals surface area contributed by atoms with Crippen molar-refractivity contribution in [1.82, 2.24) is 9.21 Å². The summed E-state index contributed by atoms with van der Waals surface area (Å²) >= 11 is 0. The van der Waals surface area contributed by atoms with E-state index in [4.69, 9.17) is 9.47 Å². The van der Waals surface area contributed by atoms with Gasteiger partial charge in [-0.3, -0.25) is 9.69 Å². The van der Waals surface area contributed by atoms with Crippen LogP contribution in [0.25, 0.3) is 0 Å². The number of hydrogen-bond donors (Lipinski definition) is 1. The van der Waals surface area contributed by atoms with Gasteiger partial charge in [0.15, 0.2) is 0 Å². The Bertz CT molecular complexity index is 852. The number of nitrogens with zero attached hydrogens (tertiary/aromatic N) is 2. The second-order valence-corrected chi connectivity index (χ2v) is 9.17. The highest BCUT2D eigenvalue weighted by atomic mass is 32.2. The topological polar surface area (TPSA) is 96.4 Å². The third-order valence-corrected chi connectivity index (χ3v) is 6.75. The number of carbonyl (C=O) groups is 1. The molecule has 0 spiro atoms. The molecule has 1 N–H and O–H groups in total. The normalized spacial score (nSPS) is 16.2. The van der Waals surface area contributed by atoms with Crippen LogP contribution in [0.1, 0.15) is 20.8 Å². The molecule has 0 saturated carbocycles. The van der Waals surface area contributed by atoms with E-state index in [2.05, 4.69) is 16.7 Å². The molecular formula is C21H30N2O6S. The molecule has 1 aliphatic rings. The van der Waals surface area contributed by atoms with Crippen molar-refractivity contribution in [3.8, 4) is 17.6 Å². The largest absolute Gasteiger partial charge is 0.481 e. The molecule has 166 valence electrons. The van der Waals surface area contributed by atoms with Crippen LogP contribution >= 0.6 is 0 Å². The number of carboxylic acid groups (broad SMARTS) is 1. The highest BCUT2D eigenvalue weighted by Gasteiger charge is 2.38. The van der Waals surface area contributed by atoms with Gasteiger partial charge >= 0.3 is 5.97 Å². The van der Waals surface area contributed by atoms with Crippen LogP contribution in [-0.4, -0.2) is 80.7 Å². The van der Waals surface area contributed by atoms with Gasteiger partial charge in [-0.15, -0.1) is 5.92 Å². The summed E-state index contributed by atoms with van der Waals surface area (Å²) in [5.41, 5.74) is 0. The van der Waals surface area contributed by atoms with Crippen molar-refractivity contribution < 1.29 is 27.8 Å². The van der Waals surface area contributed by atoms with Crippen molar-refractivity contribution >= 4 is 16.0 Å². The predicted molar refractivity (Wildman–Crippen MR) is 113 cm³/mol. The van der Waals surface area contributed by atoms with Crippen LogP contribution in [-0.2, 0) is 19.6 Å². The van der Waals surface area contributed by atoms with E-state index >= 15 is 0 Å². The molecule has 0 aromatic heterocycles. The summed E-state index contributed by atoms with van der Waals surface area (Å²) in [5.74, 6) is 4.43. The van der Waals surface area contributed by atoms with Gasteiger partial charge in [0, 0.05) is 26.2 Å². The monoisotopic (exact) mass is 438 g/mol. The molecule has 0 radical (unpaired) electrons. The van der Waals surface area contributed by atoms with E-state index in [1.54, 1.807) is 32.9 Å². The molecular weight excluding hydrogens is 408 g/mol.